The van der Waals surface area contributed by atoms with Gasteiger partial charge in [0.1, 0.15) is 5.84 Å². The van der Waals surface area contributed by atoms with E-state index in [-0.39, 0.29) is 18.2 Å². The summed E-state index contributed by atoms with van der Waals surface area (Å²) in [6.07, 6.45) is 0.460. The number of nitrogens with one attached hydrogen (secondary N) is 2. The van der Waals surface area contributed by atoms with Crippen LogP contribution in [0, 0.1) is 5.41 Å². The molecular formula is C7H17N3O3S. The molecule has 0 heterocycles. The molecule has 0 fully saturated rings. The van der Waals surface area contributed by atoms with Gasteiger partial charge >= 0.3 is 0 Å². The molecule has 7 heteroatoms. The molecule has 0 spiro atoms. The van der Waals surface area contributed by atoms with Gasteiger partial charge in [0.2, 0.25) is 10.0 Å². The van der Waals surface area contributed by atoms with E-state index < -0.39 is 16.1 Å². The molecule has 6 nitrogen and oxygen atoms in total. The van der Waals surface area contributed by atoms with Crippen molar-refractivity contribution in [2.75, 3.05) is 19.5 Å². The molecule has 0 amide bonds. The molecule has 0 aliphatic heterocycles. The summed E-state index contributed by atoms with van der Waals surface area (Å²) >= 11 is 0. The van der Waals surface area contributed by atoms with Gasteiger partial charge in [-0.3, -0.25) is 5.41 Å². The van der Waals surface area contributed by atoms with E-state index >= 15 is 0 Å². The molecule has 84 valence electrons. The predicted octanol–water partition coefficient (Wildman–Crippen LogP) is -0.733. The van der Waals surface area contributed by atoms with Crippen LogP contribution in [0.25, 0.3) is 0 Å². The van der Waals surface area contributed by atoms with E-state index in [9.17, 15) is 8.42 Å². The zero-order valence-corrected chi connectivity index (χ0v) is 9.23. The Morgan fingerprint density at radius 1 is 1.64 bits per heavy atom. The molecule has 0 aromatic rings. The van der Waals surface area contributed by atoms with Crippen molar-refractivity contribution in [3.63, 3.8) is 0 Å². The van der Waals surface area contributed by atoms with E-state index in [1.165, 1.54) is 7.11 Å². The van der Waals surface area contributed by atoms with Crippen molar-refractivity contribution in [1.29, 1.82) is 5.41 Å². The Labute approximate surface area is 84.4 Å². The number of hydrogen-bond acceptors (Lipinski definition) is 4. The molecular weight excluding hydrogens is 206 g/mol. The highest BCUT2D eigenvalue weighted by Crippen LogP contribution is 1.94. The van der Waals surface area contributed by atoms with Crippen molar-refractivity contribution in [3.05, 3.63) is 0 Å². The number of ether oxygens (including phenoxy) is 1. The number of amidine groups is 1. The average Bonchev–Trinajstić information content (AvgIpc) is 2.10. The summed E-state index contributed by atoms with van der Waals surface area (Å²) in [4.78, 5) is 0. The first kappa shape index (κ1) is 13.3. The lowest BCUT2D eigenvalue weighted by Gasteiger charge is -2.14. The Kier molecular flexibility index (Phi) is 5.66. The van der Waals surface area contributed by atoms with Gasteiger partial charge in [0.05, 0.1) is 18.4 Å². The normalized spacial score (nSPS) is 13.9. The van der Waals surface area contributed by atoms with Gasteiger partial charge in [0, 0.05) is 7.11 Å². The van der Waals surface area contributed by atoms with Gasteiger partial charge in [0.15, 0.2) is 0 Å². The molecule has 1 unspecified atom stereocenters. The third-order valence-electron chi connectivity index (χ3n) is 1.66. The Morgan fingerprint density at radius 2 is 2.21 bits per heavy atom. The van der Waals surface area contributed by atoms with Gasteiger partial charge in [-0.1, -0.05) is 6.92 Å². The third kappa shape index (κ3) is 5.15. The van der Waals surface area contributed by atoms with Crippen LogP contribution in [-0.2, 0) is 14.8 Å². The van der Waals surface area contributed by atoms with Crippen molar-refractivity contribution in [2.24, 2.45) is 5.73 Å². The van der Waals surface area contributed by atoms with Crippen LogP contribution >= 0.6 is 0 Å². The summed E-state index contributed by atoms with van der Waals surface area (Å²) in [5, 5.41) is 7.13. The van der Waals surface area contributed by atoms with Crippen LogP contribution in [0.1, 0.15) is 13.3 Å². The van der Waals surface area contributed by atoms with E-state index in [0.29, 0.717) is 6.42 Å². The predicted molar refractivity (Wildman–Crippen MR) is 54.8 cm³/mol. The average molecular weight is 223 g/mol. The maximum Gasteiger partial charge on any atom is 0.214 e. The minimum atomic E-state index is -3.40. The Bertz CT molecular complexity index is 276. The highest BCUT2D eigenvalue weighted by atomic mass is 32.2. The third-order valence-corrected chi connectivity index (χ3v) is 3.01. The molecule has 0 bridgehead atoms. The standard InChI is InChI=1S/C7H17N3O3S/c1-3-6(7(8)9)10-14(11,12)5-4-13-2/h6,10H,3-5H2,1-2H3,(H3,8,9). The largest absolute Gasteiger partial charge is 0.386 e. The molecule has 1 atom stereocenters. The molecule has 4 N–H and O–H groups in total. The first-order valence-electron chi connectivity index (χ1n) is 4.25. The molecule has 0 aliphatic rings. The first-order valence-corrected chi connectivity index (χ1v) is 5.91. The van der Waals surface area contributed by atoms with Crippen molar-refractivity contribution in [3.8, 4) is 0 Å². The molecule has 0 saturated carbocycles. The van der Waals surface area contributed by atoms with Crippen LogP contribution in [-0.4, -0.2) is 39.8 Å². The van der Waals surface area contributed by atoms with Gasteiger partial charge in [-0.25, -0.2) is 13.1 Å². The van der Waals surface area contributed by atoms with Crippen molar-refractivity contribution in [2.45, 2.75) is 19.4 Å². The fourth-order valence-corrected chi connectivity index (χ4v) is 2.07. The summed E-state index contributed by atoms with van der Waals surface area (Å²) in [7, 11) is -1.97. The molecule has 0 aliphatic carbocycles. The maximum atomic E-state index is 11.3. The zero-order valence-electron chi connectivity index (χ0n) is 8.41. The van der Waals surface area contributed by atoms with Crippen molar-refractivity contribution >= 4 is 15.9 Å². The van der Waals surface area contributed by atoms with Gasteiger partial charge in [0.25, 0.3) is 0 Å². The number of nitrogens with two attached hydrogens (primary N) is 1. The highest BCUT2D eigenvalue weighted by Gasteiger charge is 2.17. The van der Waals surface area contributed by atoms with Crippen LogP contribution in [0.15, 0.2) is 0 Å². The monoisotopic (exact) mass is 223 g/mol. The minimum absolute atomic E-state index is 0.118. The molecule has 14 heavy (non-hydrogen) atoms. The van der Waals surface area contributed by atoms with Crippen LogP contribution < -0.4 is 10.5 Å². The maximum absolute atomic E-state index is 11.3. The molecule has 0 rings (SSSR count). The first-order chi connectivity index (χ1) is 6.43. The van der Waals surface area contributed by atoms with Crippen LogP contribution in [0.5, 0.6) is 0 Å². The quantitative estimate of drug-likeness (QED) is 0.390. The number of methoxy groups -OCH3 is 1. The molecule has 0 radical (unpaired) electrons. The smallest absolute Gasteiger partial charge is 0.214 e. The lowest BCUT2D eigenvalue weighted by Crippen LogP contribution is -2.44. The topological polar surface area (TPSA) is 105 Å². The van der Waals surface area contributed by atoms with Crippen LogP contribution in [0.3, 0.4) is 0 Å². The summed E-state index contributed by atoms with van der Waals surface area (Å²) in [6, 6.07) is -0.614. The van der Waals surface area contributed by atoms with Gasteiger partial charge in [-0.05, 0) is 6.42 Å². The minimum Gasteiger partial charge on any atom is -0.386 e. The van der Waals surface area contributed by atoms with Gasteiger partial charge in [-0.15, -0.1) is 0 Å². The summed E-state index contributed by atoms with van der Waals surface area (Å²) in [6.45, 7) is 1.88. The molecule has 0 aromatic heterocycles. The second kappa shape index (κ2) is 5.94. The van der Waals surface area contributed by atoms with Gasteiger partial charge < -0.3 is 10.5 Å². The zero-order chi connectivity index (χ0) is 11.2. The van der Waals surface area contributed by atoms with Crippen molar-refractivity contribution < 1.29 is 13.2 Å². The molecule has 0 aromatic carbocycles. The fraction of sp³-hybridized carbons (Fsp3) is 0.857. The van der Waals surface area contributed by atoms with E-state index in [1.807, 2.05) is 0 Å². The van der Waals surface area contributed by atoms with Crippen LogP contribution in [0.2, 0.25) is 0 Å². The number of hydrogen-bond donors (Lipinski definition) is 3. The van der Waals surface area contributed by atoms with Gasteiger partial charge in [-0.2, -0.15) is 0 Å². The summed E-state index contributed by atoms with van der Waals surface area (Å²) in [5.41, 5.74) is 5.21. The number of rotatable bonds is 7. The van der Waals surface area contributed by atoms with E-state index in [2.05, 4.69) is 9.46 Å². The van der Waals surface area contributed by atoms with E-state index in [0.717, 1.165) is 0 Å². The summed E-state index contributed by atoms with van der Waals surface area (Å²) in [5.74, 6) is -0.290. The van der Waals surface area contributed by atoms with Crippen LogP contribution in [0.4, 0.5) is 0 Å². The van der Waals surface area contributed by atoms with Crippen molar-refractivity contribution in [1.82, 2.24) is 4.72 Å². The fourth-order valence-electron chi connectivity index (χ4n) is 0.835. The summed E-state index contributed by atoms with van der Waals surface area (Å²) < 4.78 is 29.6. The molecule has 0 saturated heterocycles. The Hall–Kier alpha value is -0.660. The number of sulfonamides is 1. The lowest BCUT2D eigenvalue weighted by atomic mass is 10.2. The Morgan fingerprint density at radius 3 is 2.57 bits per heavy atom. The SMILES string of the molecule is CCC(NS(=O)(=O)CCOC)C(=N)N. The van der Waals surface area contributed by atoms with E-state index in [1.54, 1.807) is 6.92 Å². The second-order valence-corrected chi connectivity index (χ2v) is 4.72. The second-order valence-electron chi connectivity index (χ2n) is 2.85. The Balaban J connectivity index is 4.26. The van der Waals surface area contributed by atoms with E-state index in [4.69, 9.17) is 11.1 Å². The highest BCUT2D eigenvalue weighted by molar-refractivity contribution is 7.89. The lowest BCUT2D eigenvalue weighted by molar-refractivity contribution is 0.217.